The topological polar surface area (TPSA) is 112 Å². The lowest BCUT2D eigenvalue weighted by Crippen LogP contribution is -2.49. The summed E-state index contributed by atoms with van der Waals surface area (Å²) in [5, 5.41) is 11.0. The molecular formula is C25H37N5O3. The maximum Gasteiger partial charge on any atom is 0.411 e. The number of carbonyl (C=O) groups is 2. The molecule has 1 aromatic rings. The van der Waals surface area contributed by atoms with Crippen LogP contribution in [0.4, 0.5) is 4.79 Å². The fraction of sp³-hybridized carbons (Fsp3) is 0.560. The number of hydrogen-bond donors (Lipinski definition) is 3. The van der Waals surface area contributed by atoms with Crippen molar-refractivity contribution in [1.29, 1.82) is 5.41 Å². The number of carbonyl (C=O) groups excluding carboxylic acids is 2. The number of nitrogens with one attached hydrogen (secondary N) is 2. The molecule has 0 radical (unpaired) electrons. The summed E-state index contributed by atoms with van der Waals surface area (Å²) in [6.45, 7) is 4.46. The molecule has 1 atom stereocenters. The van der Waals surface area contributed by atoms with Gasteiger partial charge < -0.3 is 20.7 Å². The van der Waals surface area contributed by atoms with Crippen molar-refractivity contribution in [1.82, 2.24) is 15.1 Å². The fourth-order valence-corrected chi connectivity index (χ4v) is 4.65. The molecule has 1 heterocycles. The highest BCUT2D eigenvalue weighted by molar-refractivity contribution is 6.12. The van der Waals surface area contributed by atoms with Crippen LogP contribution < -0.4 is 11.1 Å². The molecular weight excluding hydrogens is 418 g/mol. The standard InChI is InChI=1S/C25H37N5O3/c1-25(2)21(26)19(22(27)28-23(31)18-13-9-6-10-14-18)15-30(25)24(32)33-20(16-29(3)4)17-11-7-5-8-12-17/h6,9-10,13-14,17,20H,5,7-8,11-12,15-16,26H2,1-4H3,(H2,27,28,31)/t20-/m1/s1. The molecule has 0 spiro atoms. The van der Waals surface area contributed by atoms with Crippen LogP contribution in [0.5, 0.6) is 0 Å². The van der Waals surface area contributed by atoms with E-state index in [0.29, 0.717) is 29.3 Å². The van der Waals surface area contributed by atoms with Crippen molar-refractivity contribution in [2.24, 2.45) is 11.7 Å². The van der Waals surface area contributed by atoms with Gasteiger partial charge in [-0.2, -0.15) is 0 Å². The van der Waals surface area contributed by atoms with Gasteiger partial charge in [0, 0.05) is 23.4 Å². The molecule has 1 aliphatic heterocycles. The largest absolute Gasteiger partial charge is 0.444 e. The van der Waals surface area contributed by atoms with E-state index in [1.54, 1.807) is 29.2 Å². The number of amidine groups is 1. The van der Waals surface area contributed by atoms with Gasteiger partial charge in [-0.3, -0.25) is 15.1 Å². The van der Waals surface area contributed by atoms with Crippen molar-refractivity contribution in [3.63, 3.8) is 0 Å². The van der Waals surface area contributed by atoms with Crippen molar-refractivity contribution >= 4 is 17.8 Å². The Morgan fingerprint density at radius 2 is 1.85 bits per heavy atom. The molecule has 4 N–H and O–H groups in total. The predicted molar refractivity (Wildman–Crippen MR) is 129 cm³/mol. The number of benzene rings is 1. The molecule has 0 aromatic heterocycles. The highest BCUT2D eigenvalue weighted by atomic mass is 16.6. The van der Waals surface area contributed by atoms with Crippen LogP contribution in [0, 0.1) is 11.3 Å². The van der Waals surface area contributed by atoms with Crippen molar-refractivity contribution in [3.8, 4) is 0 Å². The van der Waals surface area contributed by atoms with Crippen molar-refractivity contribution in [2.75, 3.05) is 27.2 Å². The van der Waals surface area contributed by atoms with Crippen molar-refractivity contribution < 1.29 is 14.3 Å². The summed E-state index contributed by atoms with van der Waals surface area (Å²) >= 11 is 0. The lowest BCUT2D eigenvalue weighted by Gasteiger charge is -2.36. The zero-order valence-electron chi connectivity index (χ0n) is 20.2. The molecule has 0 unspecified atom stereocenters. The Kier molecular flexibility index (Phi) is 7.79. The predicted octanol–water partition coefficient (Wildman–Crippen LogP) is 3.35. The number of hydrogen-bond acceptors (Lipinski definition) is 6. The third kappa shape index (κ3) is 5.74. The van der Waals surface area contributed by atoms with Crippen LogP contribution in [-0.2, 0) is 4.74 Å². The number of ether oxygens (including phenoxy) is 1. The molecule has 180 valence electrons. The van der Waals surface area contributed by atoms with Gasteiger partial charge in [-0.15, -0.1) is 0 Å². The van der Waals surface area contributed by atoms with E-state index in [4.69, 9.17) is 15.9 Å². The lowest BCUT2D eigenvalue weighted by molar-refractivity contribution is 0.00440. The average Bonchev–Trinajstić information content (AvgIpc) is 3.03. The maximum absolute atomic E-state index is 13.3. The molecule has 1 saturated carbocycles. The van der Waals surface area contributed by atoms with Gasteiger partial charge in [0.2, 0.25) is 0 Å². The second-order valence-electron chi connectivity index (χ2n) is 9.82. The maximum atomic E-state index is 13.3. The minimum Gasteiger partial charge on any atom is -0.444 e. The number of likely N-dealkylation sites (N-methyl/N-ethyl adjacent to an activating group) is 1. The first-order valence-electron chi connectivity index (χ1n) is 11.7. The molecule has 3 rings (SSSR count). The van der Waals surface area contributed by atoms with E-state index in [0.717, 1.165) is 25.7 Å². The number of nitrogens with zero attached hydrogens (tertiary/aromatic N) is 2. The first kappa shape index (κ1) is 24.8. The summed E-state index contributed by atoms with van der Waals surface area (Å²) in [4.78, 5) is 29.4. The van der Waals surface area contributed by atoms with Gasteiger partial charge in [-0.05, 0) is 58.8 Å². The molecule has 1 aromatic carbocycles. The Labute approximate surface area is 196 Å². The zero-order chi connectivity index (χ0) is 24.2. The second-order valence-corrected chi connectivity index (χ2v) is 9.82. The summed E-state index contributed by atoms with van der Waals surface area (Å²) < 4.78 is 6.05. The molecule has 2 aliphatic rings. The summed E-state index contributed by atoms with van der Waals surface area (Å²) in [7, 11) is 3.97. The van der Waals surface area contributed by atoms with E-state index in [-0.39, 0.29) is 24.4 Å². The second kappa shape index (κ2) is 10.4. The van der Waals surface area contributed by atoms with Crippen LogP contribution in [0.25, 0.3) is 0 Å². The number of amides is 2. The number of rotatable bonds is 6. The van der Waals surface area contributed by atoms with E-state index >= 15 is 0 Å². The Morgan fingerprint density at radius 1 is 1.21 bits per heavy atom. The molecule has 1 aliphatic carbocycles. The molecule has 2 amide bonds. The molecule has 8 nitrogen and oxygen atoms in total. The quantitative estimate of drug-likeness (QED) is 0.450. The van der Waals surface area contributed by atoms with Crippen LogP contribution in [0.3, 0.4) is 0 Å². The SMILES string of the molecule is CN(C)C[C@@H](OC(=O)N1CC(C(=N)NC(=O)c2ccccc2)=C(N)C1(C)C)C1CCCCC1. The van der Waals surface area contributed by atoms with E-state index in [9.17, 15) is 9.59 Å². The first-order valence-corrected chi connectivity index (χ1v) is 11.7. The van der Waals surface area contributed by atoms with E-state index in [1.165, 1.54) is 6.42 Å². The van der Waals surface area contributed by atoms with Crippen LogP contribution in [0.2, 0.25) is 0 Å². The third-order valence-corrected chi connectivity index (χ3v) is 6.74. The highest BCUT2D eigenvalue weighted by Gasteiger charge is 2.44. The monoisotopic (exact) mass is 455 g/mol. The summed E-state index contributed by atoms with van der Waals surface area (Å²) in [5.74, 6) is -0.131. The highest BCUT2D eigenvalue weighted by Crippen LogP contribution is 2.34. The van der Waals surface area contributed by atoms with Gasteiger partial charge in [0.05, 0.1) is 12.1 Å². The summed E-state index contributed by atoms with van der Waals surface area (Å²) in [6.07, 6.45) is 5.08. The van der Waals surface area contributed by atoms with Crippen LogP contribution in [0.15, 0.2) is 41.6 Å². The molecule has 33 heavy (non-hydrogen) atoms. The Hall–Kier alpha value is -2.87. The average molecular weight is 456 g/mol. The van der Waals surface area contributed by atoms with Crippen molar-refractivity contribution in [2.45, 2.75) is 57.6 Å². The van der Waals surface area contributed by atoms with Gasteiger partial charge in [0.15, 0.2) is 0 Å². The van der Waals surface area contributed by atoms with E-state index in [2.05, 4.69) is 10.2 Å². The van der Waals surface area contributed by atoms with Crippen LogP contribution in [0.1, 0.15) is 56.3 Å². The van der Waals surface area contributed by atoms with Crippen molar-refractivity contribution in [3.05, 3.63) is 47.2 Å². The van der Waals surface area contributed by atoms with Crippen LogP contribution in [-0.4, -0.2) is 66.5 Å². The fourth-order valence-electron chi connectivity index (χ4n) is 4.65. The van der Waals surface area contributed by atoms with E-state index in [1.807, 2.05) is 34.0 Å². The Bertz CT molecular complexity index is 904. The summed E-state index contributed by atoms with van der Waals surface area (Å²) in [6, 6.07) is 8.71. The van der Waals surface area contributed by atoms with Crippen LogP contribution >= 0.6 is 0 Å². The van der Waals surface area contributed by atoms with Gasteiger partial charge in [0.25, 0.3) is 5.91 Å². The molecule has 8 heteroatoms. The van der Waals surface area contributed by atoms with Gasteiger partial charge >= 0.3 is 6.09 Å². The summed E-state index contributed by atoms with van der Waals surface area (Å²) in [5.41, 5.74) is 6.83. The third-order valence-electron chi connectivity index (χ3n) is 6.74. The van der Waals surface area contributed by atoms with E-state index < -0.39 is 11.6 Å². The lowest BCUT2D eigenvalue weighted by atomic mass is 9.85. The molecule has 0 saturated heterocycles. The minimum absolute atomic E-state index is 0.0955. The van der Waals surface area contributed by atoms with Gasteiger partial charge in [-0.25, -0.2) is 4.79 Å². The van der Waals surface area contributed by atoms with Gasteiger partial charge in [-0.1, -0.05) is 37.5 Å². The molecule has 0 bridgehead atoms. The Balaban J connectivity index is 1.70. The normalized spacial score (nSPS) is 19.5. The zero-order valence-corrected chi connectivity index (χ0v) is 20.2. The minimum atomic E-state index is -0.828. The Morgan fingerprint density at radius 3 is 2.45 bits per heavy atom. The first-order chi connectivity index (χ1) is 15.6. The smallest absolute Gasteiger partial charge is 0.411 e. The number of nitrogens with two attached hydrogens (primary N) is 1. The van der Waals surface area contributed by atoms with Gasteiger partial charge in [0.1, 0.15) is 11.9 Å². The molecule has 1 fully saturated rings.